The van der Waals surface area contributed by atoms with Crippen molar-refractivity contribution in [1.82, 2.24) is 0 Å². The molecule has 0 rings (SSSR count). The molecule has 0 aromatic carbocycles. The van der Waals surface area contributed by atoms with E-state index in [0.717, 1.165) is 0 Å². The summed E-state index contributed by atoms with van der Waals surface area (Å²) in [5, 5.41) is 56.5. The van der Waals surface area contributed by atoms with Crippen molar-refractivity contribution in [2.24, 2.45) is 0 Å². The second-order valence-electron chi connectivity index (χ2n) is 2.91. The predicted octanol–water partition coefficient (Wildman–Crippen LogP) is -8.88. The van der Waals surface area contributed by atoms with E-state index in [2.05, 4.69) is 0 Å². The molecule has 2 radical (unpaired) electrons. The Labute approximate surface area is 168 Å². The number of hydrogen-bond acceptors (Lipinski definition) is 12. The van der Waals surface area contributed by atoms with Gasteiger partial charge in [-0.25, -0.2) is 0 Å². The maximum Gasteiger partial charge on any atom is 0.0643 e. The van der Waals surface area contributed by atoms with Crippen molar-refractivity contribution in [2.45, 2.75) is 0 Å². The summed E-state index contributed by atoms with van der Waals surface area (Å²) in [5.74, 6) is -9.28. The molecule has 0 amide bonds. The average molecular weight is 444 g/mol. The molecule has 0 bridgehead atoms. The molecule has 0 unspecified atom stereocenters. The number of aliphatic carboxylic acids is 6. The van der Waals surface area contributed by atoms with Crippen LogP contribution in [0.5, 0.6) is 0 Å². The van der Waals surface area contributed by atoms with Crippen LogP contribution >= 0.6 is 0 Å². The Hall–Kier alpha value is -2.79. The summed E-state index contributed by atoms with van der Waals surface area (Å²) < 4.78 is 0. The minimum Gasteiger partial charge on any atom is -0.545 e. The fourth-order valence-corrected chi connectivity index (χ4v) is 0.408. The molecular weight excluding hydrogens is 438 g/mol. The molecule has 0 saturated heterocycles. The molecule has 12 nitrogen and oxygen atoms in total. The molecule has 0 aliphatic heterocycles. The summed E-state index contributed by atoms with van der Waals surface area (Å²) in [6.45, 7) is 0. The summed E-state index contributed by atoms with van der Waals surface area (Å²) in [7, 11) is 0. The molecule has 142 valence electrons. The fraction of sp³-hybridized carbons (Fsp3) is 0. The maximum atomic E-state index is 9.41. The standard InChI is InChI=1S/3C4H4O4.2V/c3*5-3(6)1-2-4(7)8;;/h3*1-2H,(H,5,6)(H,7,8);;/p-6/b3*2-1-;;. The van der Waals surface area contributed by atoms with Crippen LogP contribution in [0.1, 0.15) is 0 Å². The Kier molecular flexibility index (Phi) is 29.5. The summed E-state index contributed by atoms with van der Waals surface area (Å²) >= 11 is 0. The molecule has 26 heavy (non-hydrogen) atoms. The number of rotatable bonds is 6. The van der Waals surface area contributed by atoms with Crippen LogP contribution < -0.4 is 30.6 Å². The van der Waals surface area contributed by atoms with Gasteiger partial charge in [0.15, 0.2) is 0 Å². The summed E-state index contributed by atoms with van der Waals surface area (Å²) in [4.78, 5) is 56.5. The van der Waals surface area contributed by atoms with E-state index in [0.29, 0.717) is 36.5 Å². The molecule has 0 fully saturated rings. The van der Waals surface area contributed by atoms with Gasteiger partial charge in [0.1, 0.15) is 0 Å². The van der Waals surface area contributed by atoms with Crippen LogP contribution in [-0.4, -0.2) is 35.8 Å². The average Bonchev–Trinajstić information content (AvgIpc) is 2.42. The first-order valence-corrected chi connectivity index (χ1v) is 5.18. The molecule has 0 N–H and O–H groups in total. The molecule has 14 heteroatoms. The topological polar surface area (TPSA) is 241 Å². The van der Waals surface area contributed by atoms with E-state index >= 15 is 0 Å². The number of carboxylic acids is 6. The van der Waals surface area contributed by atoms with Crippen LogP contribution in [0.3, 0.4) is 0 Å². The molecular formula is C12H6O12V2-6. The fourth-order valence-electron chi connectivity index (χ4n) is 0.408. The van der Waals surface area contributed by atoms with Crippen molar-refractivity contribution in [1.29, 1.82) is 0 Å². The molecule has 0 heterocycles. The summed E-state index contributed by atoms with van der Waals surface area (Å²) in [5.41, 5.74) is 0. The molecule has 0 aromatic heterocycles. The molecule has 0 aliphatic carbocycles. The normalized spacial score (nSPS) is 8.77. The van der Waals surface area contributed by atoms with Gasteiger partial charge in [-0.15, -0.1) is 0 Å². The number of carbonyl (C=O) groups is 6. The molecule has 0 aliphatic rings. The number of carbonyl (C=O) groups excluding carboxylic acids is 6. The van der Waals surface area contributed by atoms with Crippen LogP contribution in [-0.2, 0) is 65.9 Å². The van der Waals surface area contributed by atoms with Gasteiger partial charge in [-0.2, -0.15) is 0 Å². The van der Waals surface area contributed by atoms with E-state index in [9.17, 15) is 59.4 Å². The minimum absolute atomic E-state index is 0. The van der Waals surface area contributed by atoms with Crippen molar-refractivity contribution in [3.63, 3.8) is 0 Å². The molecule has 0 atom stereocenters. The SMILES string of the molecule is O=C([O-])/C=C\C(=O)[O-].O=C([O-])/C=C\C(=O)[O-].O=C([O-])/C=C\C(=O)[O-].[V].[V]. The van der Waals surface area contributed by atoms with Gasteiger partial charge in [0.2, 0.25) is 0 Å². The van der Waals surface area contributed by atoms with Gasteiger partial charge in [0.05, 0.1) is 35.8 Å². The van der Waals surface area contributed by atoms with Crippen molar-refractivity contribution >= 4 is 35.8 Å². The number of hydrogen-bond donors (Lipinski definition) is 0. The zero-order valence-corrected chi connectivity index (χ0v) is 15.1. The van der Waals surface area contributed by atoms with E-state index in [1.54, 1.807) is 0 Å². The van der Waals surface area contributed by atoms with Crippen LogP contribution in [0.4, 0.5) is 0 Å². The van der Waals surface area contributed by atoms with Gasteiger partial charge in [-0.05, 0) is 36.5 Å². The predicted molar refractivity (Wildman–Crippen MR) is 57.5 cm³/mol. The van der Waals surface area contributed by atoms with E-state index in [1.165, 1.54) is 0 Å². The smallest absolute Gasteiger partial charge is 0.0643 e. The Morgan fingerprint density at radius 2 is 0.423 bits per heavy atom. The zero-order chi connectivity index (χ0) is 19.7. The van der Waals surface area contributed by atoms with Crippen LogP contribution in [0.2, 0.25) is 0 Å². The maximum absolute atomic E-state index is 9.41. The van der Waals surface area contributed by atoms with Gasteiger partial charge in [0, 0.05) is 37.1 Å². The van der Waals surface area contributed by atoms with Crippen molar-refractivity contribution in [2.75, 3.05) is 0 Å². The van der Waals surface area contributed by atoms with Crippen molar-refractivity contribution < 1.29 is 96.5 Å². The van der Waals surface area contributed by atoms with Crippen molar-refractivity contribution in [3.05, 3.63) is 36.5 Å². The number of carboxylic acid groups (broad SMARTS) is 6. The third-order valence-electron chi connectivity index (χ3n) is 1.07. The summed E-state index contributed by atoms with van der Waals surface area (Å²) in [6, 6.07) is 0. The molecule has 0 spiro atoms. The molecule has 0 aromatic rings. The second-order valence-corrected chi connectivity index (χ2v) is 2.91. The Morgan fingerprint density at radius 3 is 0.462 bits per heavy atom. The van der Waals surface area contributed by atoms with E-state index < -0.39 is 35.8 Å². The van der Waals surface area contributed by atoms with E-state index in [-0.39, 0.29) is 37.1 Å². The third-order valence-corrected chi connectivity index (χ3v) is 1.07. The Balaban J connectivity index is -0.0000000817. The zero-order valence-electron chi connectivity index (χ0n) is 12.3. The van der Waals surface area contributed by atoms with Gasteiger partial charge in [0.25, 0.3) is 0 Å². The summed E-state index contributed by atoms with van der Waals surface area (Å²) in [6.07, 6.45) is 2.31. The molecule has 0 saturated carbocycles. The van der Waals surface area contributed by atoms with Crippen LogP contribution in [0, 0.1) is 0 Å². The largest absolute Gasteiger partial charge is 0.545 e. The van der Waals surface area contributed by atoms with Gasteiger partial charge in [-0.3, -0.25) is 0 Å². The van der Waals surface area contributed by atoms with E-state index in [4.69, 9.17) is 0 Å². The first-order chi connectivity index (χ1) is 10.9. The second kappa shape index (κ2) is 22.2. The van der Waals surface area contributed by atoms with Crippen molar-refractivity contribution in [3.8, 4) is 0 Å². The van der Waals surface area contributed by atoms with Crippen LogP contribution in [0.15, 0.2) is 36.5 Å². The van der Waals surface area contributed by atoms with E-state index in [1.807, 2.05) is 0 Å². The third kappa shape index (κ3) is 58.1. The quantitative estimate of drug-likeness (QED) is 0.347. The van der Waals surface area contributed by atoms with Gasteiger partial charge < -0.3 is 59.4 Å². The van der Waals surface area contributed by atoms with Gasteiger partial charge >= 0.3 is 0 Å². The first kappa shape index (κ1) is 34.5. The van der Waals surface area contributed by atoms with Gasteiger partial charge in [-0.1, -0.05) is 0 Å². The monoisotopic (exact) mass is 444 g/mol. The van der Waals surface area contributed by atoms with Crippen LogP contribution in [0.25, 0.3) is 0 Å². The Morgan fingerprint density at radius 1 is 0.346 bits per heavy atom. The minimum atomic E-state index is -1.55. The Bertz CT molecular complexity index is 448. The first-order valence-electron chi connectivity index (χ1n) is 5.18.